The van der Waals surface area contributed by atoms with Crippen molar-refractivity contribution in [2.75, 3.05) is 5.32 Å². The van der Waals surface area contributed by atoms with E-state index in [0.717, 1.165) is 12.1 Å². The van der Waals surface area contributed by atoms with Crippen LogP contribution in [0.3, 0.4) is 0 Å². The van der Waals surface area contributed by atoms with Crippen LogP contribution in [-0.2, 0) is 0 Å². The van der Waals surface area contributed by atoms with Crippen molar-refractivity contribution in [1.82, 2.24) is 9.97 Å². The molecule has 2 rings (SSSR count). The number of nitrogens with one attached hydrogen (secondary N) is 1. The maximum absolute atomic E-state index is 13.2. The molecule has 0 radical (unpaired) electrons. The molecule has 2 aromatic rings. The fourth-order valence-corrected chi connectivity index (χ4v) is 1.31. The zero-order chi connectivity index (χ0) is 11.5. The lowest BCUT2D eigenvalue weighted by Crippen LogP contribution is -2.00. The second-order valence-electron chi connectivity index (χ2n) is 2.95. The summed E-state index contributed by atoms with van der Waals surface area (Å²) in [7, 11) is 0. The van der Waals surface area contributed by atoms with Crippen molar-refractivity contribution in [2.45, 2.75) is 0 Å². The summed E-state index contributed by atoms with van der Waals surface area (Å²) in [5.74, 6) is -1.25. The summed E-state index contributed by atoms with van der Waals surface area (Å²) in [4.78, 5) is 7.71. The minimum absolute atomic E-state index is 0.132. The van der Waals surface area contributed by atoms with Gasteiger partial charge < -0.3 is 5.32 Å². The largest absolute Gasteiger partial charge is 0.319 e. The van der Waals surface area contributed by atoms with Crippen molar-refractivity contribution in [3.63, 3.8) is 0 Å². The lowest BCUT2D eigenvalue weighted by molar-refractivity contribution is 0.590. The zero-order valence-electron chi connectivity index (χ0n) is 7.92. The highest BCUT2D eigenvalue weighted by Crippen LogP contribution is 2.21. The molecular formula is C10H6BrF2N3. The molecule has 0 bridgehead atoms. The minimum atomic E-state index is -0.688. The standard InChI is InChI=1S/C10H6BrF2N3/c11-6-4-14-10(15-5-6)16-9-7(12)2-1-3-8(9)13/h1-5H,(H,14,15,16). The van der Waals surface area contributed by atoms with Crippen molar-refractivity contribution in [1.29, 1.82) is 0 Å². The third-order valence-corrected chi connectivity index (χ3v) is 2.23. The fourth-order valence-electron chi connectivity index (χ4n) is 1.11. The molecule has 1 aromatic heterocycles. The van der Waals surface area contributed by atoms with Crippen molar-refractivity contribution in [3.05, 3.63) is 46.7 Å². The maximum atomic E-state index is 13.2. The maximum Gasteiger partial charge on any atom is 0.227 e. The molecule has 6 heteroatoms. The lowest BCUT2D eigenvalue weighted by Gasteiger charge is -2.06. The second kappa shape index (κ2) is 4.52. The number of hydrogen-bond acceptors (Lipinski definition) is 3. The molecule has 0 saturated carbocycles. The molecule has 82 valence electrons. The van der Waals surface area contributed by atoms with E-state index in [-0.39, 0.29) is 11.6 Å². The molecule has 1 N–H and O–H groups in total. The van der Waals surface area contributed by atoms with Crippen molar-refractivity contribution in [3.8, 4) is 0 Å². The molecule has 1 aromatic carbocycles. The van der Waals surface area contributed by atoms with Gasteiger partial charge in [0.1, 0.15) is 17.3 Å². The molecule has 0 amide bonds. The molecule has 0 aliphatic heterocycles. The summed E-state index contributed by atoms with van der Waals surface area (Å²) >= 11 is 3.16. The van der Waals surface area contributed by atoms with E-state index in [1.807, 2.05) is 0 Å². The van der Waals surface area contributed by atoms with Crippen LogP contribution in [0.5, 0.6) is 0 Å². The van der Waals surface area contributed by atoms with Gasteiger partial charge >= 0.3 is 0 Å². The Morgan fingerprint density at radius 1 is 1.06 bits per heavy atom. The van der Waals surface area contributed by atoms with Gasteiger partial charge in [-0.3, -0.25) is 0 Å². The number of nitrogens with zero attached hydrogens (tertiary/aromatic N) is 2. The van der Waals surface area contributed by atoms with E-state index in [1.54, 1.807) is 0 Å². The van der Waals surface area contributed by atoms with E-state index in [2.05, 4.69) is 31.2 Å². The van der Waals surface area contributed by atoms with Gasteiger partial charge in [0, 0.05) is 12.4 Å². The summed E-state index contributed by atoms with van der Waals surface area (Å²) < 4.78 is 27.2. The van der Waals surface area contributed by atoms with Gasteiger partial charge in [0.25, 0.3) is 0 Å². The Kier molecular flexibility index (Phi) is 3.09. The highest BCUT2D eigenvalue weighted by molar-refractivity contribution is 9.10. The quantitative estimate of drug-likeness (QED) is 0.920. The molecule has 0 spiro atoms. The Balaban J connectivity index is 2.30. The predicted molar refractivity (Wildman–Crippen MR) is 59.4 cm³/mol. The Labute approximate surface area is 98.7 Å². The van der Waals surface area contributed by atoms with Crippen LogP contribution in [0.25, 0.3) is 0 Å². The molecular weight excluding hydrogens is 280 g/mol. The molecule has 3 nitrogen and oxygen atoms in total. The zero-order valence-corrected chi connectivity index (χ0v) is 9.50. The number of anilines is 2. The molecule has 1 heterocycles. The van der Waals surface area contributed by atoms with Crippen LogP contribution in [0, 0.1) is 11.6 Å². The van der Waals surface area contributed by atoms with Crippen molar-refractivity contribution >= 4 is 27.6 Å². The van der Waals surface area contributed by atoms with Crippen LogP contribution in [0.4, 0.5) is 20.4 Å². The first-order valence-corrected chi connectivity index (χ1v) is 5.14. The molecule has 0 unspecified atom stereocenters. The van der Waals surface area contributed by atoms with Gasteiger partial charge in [-0.25, -0.2) is 18.7 Å². The number of halogens is 3. The summed E-state index contributed by atoms with van der Waals surface area (Å²) in [6.07, 6.45) is 2.96. The average Bonchev–Trinajstić information content (AvgIpc) is 2.26. The van der Waals surface area contributed by atoms with Gasteiger partial charge in [-0.1, -0.05) is 6.07 Å². The van der Waals surface area contributed by atoms with E-state index >= 15 is 0 Å². The number of aromatic nitrogens is 2. The molecule has 0 atom stereocenters. The fraction of sp³-hybridized carbons (Fsp3) is 0. The molecule has 0 fully saturated rings. The summed E-state index contributed by atoms with van der Waals surface area (Å²) in [5, 5.41) is 2.47. The second-order valence-corrected chi connectivity index (χ2v) is 3.86. The first-order chi connectivity index (χ1) is 7.66. The smallest absolute Gasteiger partial charge is 0.227 e. The SMILES string of the molecule is Fc1cccc(F)c1Nc1ncc(Br)cn1. The third-order valence-electron chi connectivity index (χ3n) is 1.82. The van der Waals surface area contributed by atoms with E-state index in [4.69, 9.17) is 0 Å². The van der Waals surface area contributed by atoms with Gasteiger partial charge in [0.2, 0.25) is 5.95 Å². The number of rotatable bonds is 2. The van der Waals surface area contributed by atoms with E-state index in [9.17, 15) is 8.78 Å². The average molecular weight is 286 g/mol. The van der Waals surface area contributed by atoms with Gasteiger partial charge in [-0.15, -0.1) is 0 Å². The monoisotopic (exact) mass is 285 g/mol. The van der Waals surface area contributed by atoms with Crippen molar-refractivity contribution in [2.24, 2.45) is 0 Å². The van der Waals surface area contributed by atoms with E-state index in [1.165, 1.54) is 18.5 Å². The van der Waals surface area contributed by atoms with Crippen LogP contribution in [0.15, 0.2) is 35.1 Å². The highest BCUT2D eigenvalue weighted by atomic mass is 79.9. The highest BCUT2D eigenvalue weighted by Gasteiger charge is 2.09. The van der Waals surface area contributed by atoms with Crippen LogP contribution in [0.2, 0.25) is 0 Å². The van der Waals surface area contributed by atoms with E-state index in [0.29, 0.717) is 4.47 Å². The summed E-state index contributed by atoms with van der Waals surface area (Å²) in [5.41, 5.74) is -0.259. The summed E-state index contributed by atoms with van der Waals surface area (Å²) in [6, 6.07) is 3.60. The first-order valence-electron chi connectivity index (χ1n) is 4.35. The summed E-state index contributed by atoms with van der Waals surface area (Å²) in [6.45, 7) is 0. The normalized spacial score (nSPS) is 10.2. The van der Waals surface area contributed by atoms with Crippen LogP contribution in [-0.4, -0.2) is 9.97 Å². The van der Waals surface area contributed by atoms with Gasteiger partial charge in [-0.05, 0) is 28.1 Å². The molecule has 0 saturated heterocycles. The van der Waals surface area contributed by atoms with Gasteiger partial charge in [0.15, 0.2) is 0 Å². The molecule has 0 aliphatic carbocycles. The van der Waals surface area contributed by atoms with Crippen LogP contribution >= 0.6 is 15.9 Å². The Hall–Kier alpha value is -1.56. The Morgan fingerprint density at radius 2 is 1.62 bits per heavy atom. The first kappa shape index (κ1) is 10.9. The number of para-hydroxylation sites is 1. The van der Waals surface area contributed by atoms with Crippen molar-refractivity contribution < 1.29 is 8.78 Å². The third kappa shape index (κ3) is 2.33. The Bertz CT molecular complexity index is 482. The Morgan fingerprint density at radius 3 is 2.19 bits per heavy atom. The molecule has 16 heavy (non-hydrogen) atoms. The lowest BCUT2D eigenvalue weighted by atomic mass is 10.3. The minimum Gasteiger partial charge on any atom is -0.319 e. The topological polar surface area (TPSA) is 37.8 Å². The van der Waals surface area contributed by atoms with Gasteiger partial charge in [0.05, 0.1) is 4.47 Å². The van der Waals surface area contributed by atoms with E-state index < -0.39 is 11.6 Å². The molecule has 0 aliphatic rings. The number of benzene rings is 1. The van der Waals surface area contributed by atoms with Crippen LogP contribution < -0.4 is 5.32 Å². The van der Waals surface area contributed by atoms with Gasteiger partial charge in [-0.2, -0.15) is 0 Å². The predicted octanol–water partition coefficient (Wildman–Crippen LogP) is 3.26. The van der Waals surface area contributed by atoms with Crippen LogP contribution in [0.1, 0.15) is 0 Å². The number of hydrogen-bond donors (Lipinski definition) is 1.